The van der Waals surface area contributed by atoms with Crippen molar-refractivity contribution >= 4 is 29.1 Å². The van der Waals surface area contributed by atoms with Crippen molar-refractivity contribution in [3.8, 4) is 23.0 Å². The smallest absolute Gasteiger partial charge is 0.242 e. The second-order valence-corrected chi connectivity index (χ2v) is 6.50. The lowest BCUT2D eigenvalue weighted by Gasteiger charge is -2.19. The lowest BCUT2D eigenvalue weighted by molar-refractivity contribution is -0.121. The van der Waals surface area contributed by atoms with Gasteiger partial charge >= 0.3 is 0 Å². The van der Waals surface area contributed by atoms with Crippen LogP contribution in [0.1, 0.15) is 17.9 Å². The first-order chi connectivity index (χ1) is 13.4. The molecule has 1 saturated heterocycles. The average Bonchev–Trinajstić information content (AvgIpc) is 3.00. The summed E-state index contributed by atoms with van der Waals surface area (Å²) in [7, 11) is 5.98. The Hall–Kier alpha value is -2.93. The van der Waals surface area contributed by atoms with Crippen molar-refractivity contribution in [2.75, 3.05) is 33.3 Å². The van der Waals surface area contributed by atoms with E-state index in [9.17, 15) is 9.59 Å². The highest BCUT2D eigenvalue weighted by Crippen LogP contribution is 2.45. The van der Waals surface area contributed by atoms with Crippen molar-refractivity contribution in [2.45, 2.75) is 12.3 Å². The summed E-state index contributed by atoms with van der Waals surface area (Å²) in [6.45, 7) is 0. The van der Waals surface area contributed by atoms with E-state index < -0.39 is 5.92 Å². The minimum absolute atomic E-state index is 0.0124. The Bertz CT molecular complexity index is 904. The van der Waals surface area contributed by atoms with Crippen LogP contribution in [0.5, 0.6) is 23.0 Å². The van der Waals surface area contributed by atoms with Gasteiger partial charge in [0.05, 0.1) is 45.1 Å². The Morgan fingerprint density at radius 3 is 2.00 bits per heavy atom. The maximum Gasteiger partial charge on any atom is 0.242 e. The maximum atomic E-state index is 13.2. The van der Waals surface area contributed by atoms with Crippen LogP contribution in [-0.2, 0) is 9.59 Å². The second kappa shape index (κ2) is 7.98. The molecule has 0 saturated carbocycles. The van der Waals surface area contributed by atoms with Gasteiger partial charge in [0.15, 0.2) is 0 Å². The summed E-state index contributed by atoms with van der Waals surface area (Å²) in [5.41, 5.74) is 0.890. The third-order valence-corrected chi connectivity index (χ3v) is 4.94. The zero-order chi connectivity index (χ0) is 20.4. The molecule has 2 aromatic carbocycles. The van der Waals surface area contributed by atoms with Crippen molar-refractivity contribution in [3.05, 3.63) is 40.9 Å². The molecule has 7 nitrogen and oxygen atoms in total. The summed E-state index contributed by atoms with van der Waals surface area (Å²) in [4.78, 5) is 27.0. The van der Waals surface area contributed by atoms with Crippen molar-refractivity contribution in [2.24, 2.45) is 0 Å². The highest BCUT2D eigenvalue weighted by molar-refractivity contribution is 6.33. The topological polar surface area (TPSA) is 74.3 Å². The SMILES string of the molecule is COc1cc(OC)c(C2CC(=O)N(c3ccc(OC)c(Cl)c3)C2=O)c(OC)c1. The number of hydrogen-bond acceptors (Lipinski definition) is 6. The van der Waals surface area contributed by atoms with Crippen molar-refractivity contribution < 1.29 is 28.5 Å². The van der Waals surface area contributed by atoms with Crippen LogP contribution in [0, 0.1) is 0 Å². The van der Waals surface area contributed by atoms with Crippen LogP contribution in [0.25, 0.3) is 0 Å². The van der Waals surface area contributed by atoms with Crippen LogP contribution >= 0.6 is 11.6 Å². The Balaban J connectivity index is 2.04. The fourth-order valence-corrected chi connectivity index (χ4v) is 3.55. The number of halogens is 1. The van der Waals surface area contributed by atoms with Gasteiger partial charge < -0.3 is 18.9 Å². The molecule has 1 aliphatic heterocycles. The Morgan fingerprint density at radius 2 is 1.50 bits per heavy atom. The van der Waals surface area contributed by atoms with Crippen LogP contribution < -0.4 is 23.8 Å². The summed E-state index contributed by atoms with van der Waals surface area (Å²) in [6.07, 6.45) is -0.0124. The number of ether oxygens (including phenoxy) is 4. The predicted octanol–water partition coefficient (Wildman–Crippen LogP) is 3.42. The van der Waals surface area contributed by atoms with Crippen LogP contribution in [-0.4, -0.2) is 40.3 Å². The molecule has 28 heavy (non-hydrogen) atoms. The Kier molecular flexibility index (Phi) is 5.65. The normalized spacial score (nSPS) is 16.3. The Morgan fingerprint density at radius 1 is 0.893 bits per heavy atom. The van der Waals surface area contributed by atoms with Gasteiger partial charge in [0, 0.05) is 24.1 Å². The van der Waals surface area contributed by atoms with E-state index in [4.69, 9.17) is 30.5 Å². The Labute approximate surface area is 167 Å². The number of amides is 2. The third-order valence-electron chi connectivity index (χ3n) is 4.64. The van der Waals surface area contributed by atoms with E-state index >= 15 is 0 Å². The van der Waals surface area contributed by atoms with E-state index in [-0.39, 0.29) is 18.2 Å². The van der Waals surface area contributed by atoms with E-state index in [1.54, 1.807) is 24.3 Å². The van der Waals surface area contributed by atoms with Gasteiger partial charge in [-0.3, -0.25) is 9.59 Å². The first kappa shape index (κ1) is 19.8. The van der Waals surface area contributed by atoms with Gasteiger partial charge in [-0.1, -0.05) is 11.6 Å². The molecule has 1 fully saturated rings. The summed E-state index contributed by atoms with van der Waals surface area (Å²) in [5.74, 6) is 0.342. The number of nitrogens with zero attached hydrogens (tertiary/aromatic N) is 1. The van der Waals surface area contributed by atoms with Gasteiger partial charge in [-0.05, 0) is 18.2 Å². The van der Waals surface area contributed by atoms with Crippen molar-refractivity contribution in [3.63, 3.8) is 0 Å². The minimum atomic E-state index is -0.746. The molecule has 1 unspecified atom stereocenters. The molecule has 1 aliphatic rings. The van der Waals surface area contributed by atoms with Gasteiger partial charge in [0.1, 0.15) is 23.0 Å². The number of methoxy groups -OCH3 is 4. The molecule has 2 aromatic rings. The molecule has 0 radical (unpaired) electrons. The quantitative estimate of drug-likeness (QED) is 0.685. The fraction of sp³-hybridized carbons (Fsp3) is 0.300. The standard InChI is InChI=1S/C20H20ClNO6/c1-25-12-8-16(27-3)19(17(9-12)28-4)13-10-18(23)22(20(13)24)11-5-6-15(26-2)14(21)7-11/h5-9,13H,10H2,1-4H3. The molecule has 3 rings (SSSR count). The summed E-state index contributed by atoms with van der Waals surface area (Å²) >= 11 is 6.16. The highest BCUT2D eigenvalue weighted by Gasteiger charge is 2.43. The molecule has 0 bridgehead atoms. The number of carbonyl (C=O) groups excluding carboxylic acids is 2. The largest absolute Gasteiger partial charge is 0.496 e. The summed E-state index contributed by atoms with van der Waals surface area (Å²) < 4.78 is 21.2. The van der Waals surface area contributed by atoms with Crippen LogP contribution in [0.3, 0.4) is 0 Å². The van der Waals surface area contributed by atoms with Crippen molar-refractivity contribution in [1.82, 2.24) is 0 Å². The molecule has 8 heteroatoms. The van der Waals surface area contributed by atoms with E-state index in [1.807, 2.05) is 0 Å². The monoisotopic (exact) mass is 405 g/mol. The molecule has 0 aliphatic carbocycles. The molecule has 1 heterocycles. The first-order valence-electron chi connectivity index (χ1n) is 8.45. The van der Waals surface area contributed by atoms with Gasteiger partial charge in [-0.15, -0.1) is 0 Å². The molecule has 0 N–H and O–H groups in total. The maximum absolute atomic E-state index is 13.2. The van der Waals surface area contributed by atoms with E-state index in [1.165, 1.54) is 34.5 Å². The van der Waals surface area contributed by atoms with Gasteiger partial charge in [-0.25, -0.2) is 4.90 Å². The number of hydrogen-bond donors (Lipinski definition) is 0. The summed E-state index contributed by atoms with van der Waals surface area (Å²) in [6, 6.07) is 8.07. The number of anilines is 1. The molecule has 0 spiro atoms. The first-order valence-corrected chi connectivity index (χ1v) is 8.83. The lowest BCUT2D eigenvalue weighted by Crippen LogP contribution is -2.30. The minimum Gasteiger partial charge on any atom is -0.496 e. The highest BCUT2D eigenvalue weighted by atomic mass is 35.5. The number of carbonyl (C=O) groups is 2. The molecule has 0 aromatic heterocycles. The third kappa shape index (κ3) is 3.33. The van der Waals surface area contributed by atoms with Gasteiger partial charge in [0.2, 0.25) is 11.8 Å². The predicted molar refractivity (Wildman–Crippen MR) is 104 cm³/mol. The molecular weight excluding hydrogens is 386 g/mol. The van der Waals surface area contributed by atoms with Crippen LogP contribution in [0.15, 0.2) is 30.3 Å². The second-order valence-electron chi connectivity index (χ2n) is 6.09. The number of rotatable bonds is 6. The number of imide groups is 1. The van der Waals surface area contributed by atoms with Crippen LogP contribution in [0.2, 0.25) is 5.02 Å². The van der Waals surface area contributed by atoms with Gasteiger partial charge in [-0.2, -0.15) is 0 Å². The van der Waals surface area contributed by atoms with Crippen LogP contribution in [0.4, 0.5) is 5.69 Å². The number of benzene rings is 2. The van der Waals surface area contributed by atoms with Crippen molar-refractivity contribution in [1.29, 1.82) is 0 Å². The zero-order valence-corrected chi connectivity index (χ0v) is 16.7. The lowest BCUT2D eigenvalue weighted by atomic mass is 9.95. The molecule has 148 valence electrons. The van der Waals surface area contributed by atoms with Gasteiger partial charge in [0.25, 0.3) is 0 Å². The van der Waals surface area contributed by atoms with E-state index in [0.29, 0.717) is 39.3 Å². The zero-order valence-electron chi connectivity index (χ0n) is 15.9. The molecule has 2 amide bonds. The summed E-state index contributed by atoms with van der Waals surface area (Å²) in [5, 5.41) is 0.309. The van der Waals surface area contributed by atoms with E-state index in [2.05, 4.69) is 0 Å². The van der Waals surface area contributed by atoms with E-state index in [0.717, 1.165) is 4.90 Å². The molecular formula is C20H20ClNO6. The average molecular weight is 406 g/mol. The molecule has 1 atom stereocenters. The fourth-order valence-electron chi connectivity index (χ4n) is 3.30.